The summed E-state index contributed by atoms with van der Waals surface area (Å²) in [7, 11) is 0. The number of allylic oxidation sites excluding steroid dienone is 4. The molecular formula is C29H22. The van der Waals surface area contributed by atoms with Gasteiger partial charge < -0.3 is 0 Å². The van der Waals surface area contributed by atoms with Crippen LogP contribution < -0.4 is 10.4 Å². The molecule has 0 saturated carbocycles. The minimum atomic E-state index is 0.446. The van der Waals surface area contributed by atoms with Crippen LogP contribution in [0.15, 0.2) is 96.6 Å². The molecule has 0 amide bonds. The number of hydrogen-bond donors (Lipinski definition) is 0. The Labute approximate surface area is 170 Å². The lowest BCUT2D eigenvalue weighted by Gasteiger charge is -2.27. The van der Waals surface area contributed by atoms with Crippen molar-refractivity contribution < 1.29 is 0 Å². The molecule has 6 rings (SSSR count). The first-order chi connectivity index (χ1) is 14.3. The largest absolute Gasteiger partial charge is 0.0836 e. The fraction of sp³-hybridized carbons (Fsp3) is 0.103. The van der Waals surface area contributed by atoms with Crippen LogP contribution in [-0.4, -0.2) is 0 Å². The van der Waals surface area contributed by atoms with E-state index < -0.39 is 0 Å². The number of aryl methyl sites for hydroxylation is 1. The maximum Gasteiger partial charge on any atom is 0.00682 e. The van der Waals surface area contributed by atoms with Gasteiger partial charge in [-0.3, -0.25) is 0 Å². The molecule has 0 spiro atoms. The standard InChI is InChI=1S/C29H22/c1-19-9-8-16-26-27(19)18-22-12-4-7-15-25(22)29(26)28-23-13-5-2-10-20(23)17-21-11-3-6-14-24(21)28/h2-11,13-18,22H,12H2,1H3. The third-order valence-corrected chi connectivity index (χ3v) is 6.47. The zero-order valence-electron chi connectivity index (χ0n) is 16.5. The van der Waals surface area contributed by atoms with Crippen molar-refractivity contribution in [2.75, 3.05) is 0 Å². The highest BCUT2D eigenvalue weighted by Crippen LogP contribution is 2.40. The molecule has 0 radical (unpaired) electrons. The zero-order chi connectivity index (χ0) is 19.4. The van der Waals surface area contributed by atoms with Gasteiger partial charge in [-0.25, -0.2) is 0 Å². The minimum absolute atomic E-state index is 0.446. The van der Waals surface area contributed by atoms with Crippen LogP contribution in [-0.2, 0) is 0 Å². The highest BCUT2D eigenvalue weighted by Gasteiger charge is 2.25. The Hall–Kier alpha value is -3.38. The summed E-state index contributed by atoms with van der Waals surface area (Å²) in [6, 6.07) is 26.7. The van der Waals surface area contributed by atoms with Crippen LogP contribution >= 0.6 is 0 Å². The fourth-order valence-electron chi connectivity index (χ4n) is 5.11. The van der Waals surface area contributed by atoms with Crippen LogP contribution in [0.4, 0.5) is 0 Å². The van der Waals surface area contributed by atoms with Crippen LogP contribution in [0.25, 0.3) is 33.2 Å². The van der Waals surface area contributed by atoms with Gasteiger partial charge in [-0.2, -0.15) is 0 Å². The second-order valence-corrected chi connectivity index (χ2v) is 8.16. The van der Waals surface area contributed by atoms with Gasteiger partial charge in [-0.05, 0) is 73.7 Å². The van der Waals surface area contributed by atoms with Crippen molar-refractivity contribution in [3.63, 3.8) is 0 Å². The van der Waals surface area contributed by atoms with E-state index in [2.05, 4.69) is 104 Å². The molecule has 0 aromatic heterocycles. The molecule has 0 bridgehead atoms. The first-order valence-corrected chi connectivity index (χ1v) is 10.4. The van der Waals surface area contributed by atoms with Crippen LogP contribution in [0.5, 0.6) is 0 Å². The van der Waals surface area contributed by atoms with E-state index in [9.17, 15) is 0 Å². The first kappa shape index (κ1) is 16.6. The van der Waals surface area contributed by atoms with Gasteiger partial charge >= 0.3 is 0 Å². The topological polar surface area (TPSA) is 0 Å². The molecule has 0 fully saturated rings. The molecule has 1 unspecified atom stereocenters. The number of hydrogen-bond acceptors (Lipinski definition) is 0. The van der Waals surface area contributed by atoms with Crippen molar-refractivity contribution in [3.8, 4) is 0 Å². The maximum atomic E-state index is 2.48. The van der Waals surface area contributed by atoms with Crippen molar-refractivity contribution in [2.24, 2.45) is 5.92 Å². The molecule has 0 nitrogen and oxygen atoms in total. The summed E-state index contributed by atoms with van der Waals surface area (Å²) in [5.74, 6) is 0.446. The lowest BCUT2D eigenvalue weighted by atomic mass is 9.76. The lowest BCUT2D eigenvalue weighted by molar-refractivity contribution is 0.822. The molecule has 2 aliphatic carbocycles. The van der Waals surface area contributed by atoms with E-state index in [0.29, 0.717) is 5.92 Å². The van der Waals surface area contributed by atoms with Crippen molar-refractivity contribution in [1.29, 1.82) is 0 Å². The number of fused-ring (bicyclic) bond motifs is 4. The molecule has 1 atom stereocenters. The van der Waals surface area contributed by atoms with Crippen LogP contribution in [0, 0.1) is 12.8 Å². The number of rotatable bonds is 1. The predicted octanol–water partition coefficient (Wildman–Crippen LogP) is 5.80. The quantitative estimate of drug-likeness (QED) is 0.372. The lowest BCUT2D eigenvalue weighted by Crippen LogP contribution is -2.36. The van der Waals surface area contributed by atoms with Crippen molar-refractivity contribution in [3.05, 3.63) is 118 Å². The average molecular weight is 370 g/mol. The van der Waals surface area contributed by atoms with Gasteiger partial charge in [-0.1, -0.05) is 91.0 Å². The molecule has 0 saturated heterocycles. The van der Waals surface area contributed by atoms with Crippen molar-refractivity contribution in [2.45, 2.75) is 13.3 Å². The monoisotopic (exact) mass is 370 g/mol. The van der Waals surface area contributed by atoms with Crippen LogP contribution in [0.1, 0.15) is 17.5 Å². The molecule has 4 aromatic carbocycles. The van der Waals surface area contributed by atoms with Crippen molar-refractivity contribution >= 4 is 33.2 Å². The third-order valence-electron chi connectivity index (χ3n) is 6.47. The number of benzene rings is 4. The summed E-state index contributed by atoms with van der Waals surface area (Å²) in [6.45, 7) is 2.24. The summed E-state index contributed by atoms with van der Waals surface area (Å²) in [5, 5.41) is 8.05. The van der Waals surface area contributed by atoms with Gasteiger partial charge in [0.05, 0.1) is 0 Å². The first-order valence-electron chi connectivity index (χ1n) is 10.4. The van der Waals surface area contributed by atoms with E-state index in [1.807, 2.05) is 0 Å². The Kier molecular flexibility index (Phi) is 3.61. The van der Waals surface area contributed by atoms with E-state index in [1.54, 1.807) is 0 Å². The molecule has 0 N–H and O–H groups in total. The average Bonchev–Trinajstić information content (AvgIpc) is 2.77. The molecule has 29 heavy (non-hydrogen) atoms. The van der Waals surface area contributed by atoms with E-state index in [4.69, 9.17) is 0 Å². The van der Waals surface area contributed by atoms with Gasteiger partial charge in [0.15, 0.2) is 0 Å². The van der Waals surface area contributed by atoms with Crippen LogP contribution in [0.3, 0.4) is 0 Å². The molecule has 0 heterocycles. The highest BCUT2D eigenvalue weighted by molar-refractivity contribution is 6.11. The second-order valence-electron chi connectivity index (χ2n) is 8.16. The summed E-state index contributed by atoms with van der Waals surface area (Å²) in [5.41, 5.74) is 5.60. The summed E-state index contributed by atoms with van der Waals surface area (Å²) < 4.78 is 0. The Morgan fingerprint density at radius 3 is 2.28 bits per heavy atom. The molecule has 138 valence electrons. The SMILES string of the molecule is Cc1cccc2c1=CC1CC=CC=C1C=2c1c2ccccc2cc2ccccc12. The molecular weight excluding hydrogens is 348 g/mol. The summed E-state index contributed by atoms with van der Waals surface area (Å²) >= 11 is 0. The van der Waals surface area contributed by atoms with Gasteiger partial charge in [0, 0.05) is 5.92 Å². The van der Waals surface area contributed by atoms with Gasteiger partial charge in [0.1, 0.15) is 0 Å². The van der Waals surface area contributed by atoms with Gasteiger partial charge in [0.25, 0.3) is 0 Å². The fourth-order valence-corrected chi connectivity index (χ4v) is 5.11. The Morgan fingerprint density at radius 1 is 0.793 bits per heavy atom. The molecule has 0 aliphatic heterocycles. The van der Waals surface area contributed by atoms with E-state index in [-0.39, 0.29) is 0 Å². The Bertz CT molecular complexity index is 1420. The predicted molar refractivity (Wildman–Crippen MR) is 124 cm³/mol. The van der Waals surface area contributed by atoms with E-state index in [0.717, 1.165) is 6.42 Å². The Morgan fingerprint density at radius 2 is 1.52 bits per heavy atom. The zero-order valence-corrected chi connectivity index (χ0v) is 16.5. The summed E-state index contributed by atoms with van der Waals surface area (Å²) in [6.07, 6.45) is 10.4. The second kappa shape index (κ2) is 6.32. The molecule has 4 aromatic rings. The minimum Gasteiger partial charge on any atom is -0.0836 e. The molecule has 0 heteroatoms. The van der Waals surface area contributed by atoms with Gasteiger partial charge in [-0.15, -0.1) is 0 Å². The van der Waals surface area contributed by atoms with E-state index >= 15 is 0 Å². The highest BCUT2D eigenvalue weighted by atomic mass is 14.3. The summed E-state index contributed by atoms with van der Waals surface area (Å²) in [4.78, 5) is 0. The normalized spacial score (nSPS) is 17.6. The molecule has 2 aliphatic rings. The van der Waals surface area contributed by atoms with E-state index in [1.165, 1.54) is 54.3 Å². The van der Waals surface area contributed by atoms with Crippen molar-refractivity contribution in [1.82, 2.24) is 0 Å². The smallest absolute Gasteiger partial charge is 0.00682 e. The maximum absolute atomic E-state index is 2.48. The third kappa shape index (κ3) is 2.46. The van der Waals surface area contributed by atoms with Gasteiger partial charge in [0.2, 0.25) is 0 Å². The van der Waals surface area contributed by atoms with Crippen LogP contribution in [0.2, 0.25) is 0 Å². The Balaban J connectivity index is 1.90.